The van der Waals surface area contributed by atoms with Gasteiger partial charge in [-0.15, -0.1) is 0 Å². The molecular weight excluding hydrogens is 421 g/mol. The summed E-state index contributed by atoms with van der Waals surface area (Å²) in [6.07, 6.45) is 2.87. The lowest BCUT2D eigenvalue weighted by Gasteiger charge is -2.15. The second-order valence-electron chi connectivity index (χ2n) is 7.38. The molecule has 0 saturated heterocycles. The summed E-state index contributed by atoms with van der Waals surface area (Å²) >= 11 is 0. The van der Waals surface area contributed by atoms with Crippen molar-refractivity contribution in [3.8, 4) is 23.1 Å². The van der Waals surface area contributed by atoms with E-state index < -0.39 is 0 Å². The van der Waals surface area contributed by atoms with E-state index in [1.807, 2.05) is 37.3 Å². The molecule has 0 radical (unpaired) electrons. The Hall–Kier alpha value is -4.29. The van der Waals surface area contributed by atoms with Gasteiger partial charge in [0.05, 0.1) is 25.2 Å². The average molecular weight is 443 g/mol. The van der Waals surface area contributed by atoms with Crippen LogP contribution in [-0.2, 0) is 6.54 Å². The summed E-state index contributed by atoms with van der Waals surface area (Å²) in [5, 5.41) is 22.6. The predicted molar refractivity (Wildman–Crippen MR) is 122 cm³/mol. The van der Waals surface area contributed by atoms with E-state index in [0.717, 1.165) is 22.4 Å². The molecule has 2 aromatic heterocycles. The minimum atomic E-state index is -0.242. The zero-order valence-electron chi connectivity index (χ0n) is 18.1. The molecule has 0 aliphatic carbocycles. The highest BCUT2D eigenvalue weighted by Crippen LogP contribution is 2.31. The molecule has 9 heteroatoms. The van der Waals surface area contributed by atoms with Crippen LogP contribution in [0.5, 0.6) is 5.75 Å². The molecule has 4 aromatic rings. The number of anilines is 2. The first-order valence-electron chi connectivity index (χ1n) is 10.3. The summed E-state index contributed by atoms with van der Waals surface area (Å²) in [6, 6.07) is 16.3. The van der Waals surface area contributed by atoms with Crippen molar-refractivity contribution in [1.29, 1.82) is 5.26 Å². The van der Waals surface area contributed by atoms with Crippen LogP contribution in [0.2, 0.25) is 0 Å². The first-order valence-corrected chi connectivity index (χ1v) is 10.3. The van der Waals surface area contributed by atoms with Crippen molar-refractivity contribution in [3.63, 3.8) is 0 Å². The maximum Gasteiger partial charge on any atom is 0.158 e. The second-order valence-corrected chi connectivity index (χ2v) is 7.38. The van der Waals surface area contributed by atoms with E-state index in [-0.39, 0.29) is 17.6 Å². The fourth-order valence-electron chi connectivity index (χ4n) is 3.31. The lowest BCUT2D eigenvalue weighted by Crippen LogP contribution is -2.18. The molecule has 8 nitrogen and oxygen atoms in total. The Morgan fingerprint density at radius 1 is 1.09 bits per heavy atom. The van der Waals surface area contributed by atoms with E-state index in [2.05, 4.69) is 30.8 Å². The van der Waals surface area contributed by atoms with Crippen LogP contribution >= 0.6 is 0 Å². The third kappa shape index (κ3) is 5.31. The Balaban J connectivity index is 1.44. The van der Waals surface area contributed by atoms with Gasteiger partial charge in [-0.1, -0.05) is 18.2 Å². The van der Waals surface area contributed by atoms with Crippen molar-refractivity contribution in [3.05, 3.63) is 83.6 Å². The highest BCUT2D eigenvalue weighted by atomic mass is 19.1. The van der Waals surface area contributed by atoms with E-state index in [1.54, 1.807) is 19.2 Å². The van der Waals surface area contributed by atoms with Gasteiger partial charge >= 0.3 is 0 Å². The molecule has 0 fully saturated rings. The molecule has 3 N–H and O–H groups in total. The van der Waals surface area contributed by atoms with Gasteiger partial charge in [-0.2, -0.15) is 10.4 Å². The molecule has 0 aliphatic rings. The molecule has 166 valence electrons. The number of nitrogens with zero attached hydrogens (tertiary/aromatic N) is 4. The minimum absolute atomic E-state index is 0.0721. The minimum Gasteiger partial charge on any atom is -0.496 e. The SMILES string of the molecule is COc1cc(CN[C@H](C)c2ccc(F)cc2)ccc1-c1cc(Nc2cnc(C#N)cn2)n[nH]1. The fraction of sp³-hybridized carbons (Fsp3) is 0.167. The number of nitriles is 1. The Bertz CT molecular complexity index is 1260. The second kappa shape index (κ2) is 9.89. The van der Waals surface area contributed by atoms with Crippen LogP contribution in [0.3, 0.4) is 0 Å². The van der Waals surface area contributed by atoms with Crippen LogP contribution in [0, 0.1) is 17.1 Å². The molecule has 0 spiro atoms. The van der Waals surface area contributed by atoms with Gasteiger partial charge in [0.15, 0.2) is 11.5 Å². The summed E-state index contributed by atoms with van der Waals surface area (Å²) in [5.41, 5.74) is 3.95. The van der Waals surface area contributed by atoms with Gasteiger partial charge in [0, 0.05) is 24.2 Å². The molecule has 2 aromatic carbocycles. The van der Waals surface area contributed by atoms with Crippen LogP contribution < -0.4 is 15.4 Å². The van der Waals surface area contributed by atoms with Gasteiger partial charge in [-0.25, -0.2) is 14.4 Å². The molecule has 0 unspecified atom stereocenters. The Kier molecular flexibility index (Phi) is 6.57. The van der Waals surface area contributed by atoms with Crippen LogP contribution in [0.1, 0.15) is 29.8 Å². The number of H-pyrrole nitrogens is 1. The van der Waals surface area contributed by atoms with Crippen molar-refractivity contribution in [2.24, 2.45) is 0 Å². The van der Waals surface area contributed by atoms with Gasteiger partial charge < -0.3 is 15.4 Å². The molecule has 0 saturated carbocycles. The van der Waals surface area contributed by atoms with Crippen LogP contribution in [0.25, 0.3) is 11.3 Å². The number of nitrogens with one attached hydrogen (secondary N) is 3. The van der Waals surface area contributed by atoms with Crippen molar-refractivity contribution < 1.29 is 9.13 Å². The first-order chi connectivity index (χ1) is 16.1. The highest BCUT2D eigenvalue weighted by Gasteiger charge is 2.12. The molecular formula is C24H22FN7O. The number of halogens is 1. The van der Waals surface area contributed by atoms with E-state index in [4.69, 9.17) is 10.00 Å². The quantitative estimate of drug-likeness (QED) is 0.368. The largest absolute Gasteiger partial charge is 0.496 e. The number of rotatable bonds is 8. The van der Waals surface area contributed by atoms with Gasteiger partial charge in [-0.05, 0) is 42.3 Å². The lowest BCUT2D eigenvalue weighted by atomic mass is 10.1. The zero-order valence-corrected chi connectivity index (χ0v) is 18.1. The van der Waals surface area contributed by atoms with Gasteiger partial charge in [0.2, 0.25) is 0 Å². The first kappa shape index (κ1) is 21.9. The fourth-order valence-corrected chi connectivity index (χ4v) is 3.31. The smallest absolute Gasteiger partial charge is 0.158 e. The average Bonchev–Trinajstić information content (AvgIpc) is 3.31. The molecule has 33 heavy (non-hydrogen) atoms. The zero-order chi connectivity index (χ0) is 23.2. The number of aromatic amines is 1. The van der Waals surface area contributed by atoms with Gasteiger partial charge in [-0.3, -0.25) is 5.10 Å². The molecule has 1 atom stereocenters. The molecule has 0 aliphatic heterocycles. The van der Waals surface area contributed by atoms with E-state index >= 15 is 0 Å². The number of hydrogen-bond acceptors (Lipinski definition) is 7. The maximum absolute atomic E-state index is 13.1. The van der Waals surface area contributed by atoms with E-state index in [0.29, 0.717) is 23.9 Å². The topological polar surface area (TPSA) is 112 Å². The summed E-state index contributed by atoms with van der Waals surface area (Å²) < 4.78 is 18.7. The third-order valence-electron chi connectivity index (χ3n) is 5.14. The van der Waals surface area contributed by atoms with Gasteiger partial charge in [0.25, 0.3) is 0 Å². The summed E-state index contributed by atoms with van der Waals surface area (Å²) in [4.78, 5) is 8.11. The number of benzene rings is 2. The number of hydrogen-bond donors (Lipinski definition) is 3. The summed E-state index contributed by atoms with van der Waals surface area (Å²) in [6.45, 7) is 2.67. The van der Waals surface area contributed by atoms with Crippen molar-refractivity contribution in [2.45, 2.75) is 19.5 Å². The predicted octanol–water partition coefficient (Wildman–Crippen LogP) is 4.48. The van der Waals surface area contributed by atoms with Crippen LogP contribution in [0.4, 0.5) is 16.0 Å². The third-order valence-corrected chi connectivity index (χ3v) is 5.14. The number of ether oxygens (including phenoxy) is 1. The maximum atomic E-state index is 13.1. The number of methoxy groups -OCH3 is 1. The van der Waals surface area contributed by atoms with Crippen LogP contribution in [-0.4, -0.2) is 27.3 Å². The molecule has 0 amide bonds. The van der Waals surface area contributed by atoms with E-state index in [9.17, 15) is 4.39 Å². The Labute approximate surface area is 190 Å². The lowest BCUT2D eigenvalue weighted by molar-refractivity contribution is 0.415. The van der Waals surface area contributed by atoms with Crippen molar-refractivity contribution >= 4 is 11.6 Å². The molecule has 0 bridgehead atoms. The monoisotopic (exact) mass is 443 g/mol. The van der Waals surface area contributed by atoms with E-state index in [1.165, 1.54) is 24.5 Å². The Morgan fingerprint density at radius 2 is 1.91 bits per heavy atom. The summed E-state index contributed by atoms with van der Waals surface area (Å²) in [5.74, 6) is 1.51. The number of aromatic nitrogens is 4. The molecule has 2 heterocycles. The van der Waals surface area contributed by atoms with Crippen LogP contribution in [0.15, 0.2) is 60.9 Å². The van der Waals surface area contributed by atoms with Crippen molar-refractivity contribution in [1.82, 2.24) is 25.5 Å². The van der Waals surface area contributed by atoms with Crippen molar-refractivity contribution in [2.75, 3.05) is 12.4 Å². The molecule has 4 rings (SSSR count). The summed E-state index contributed by atoms with van der Waals surface area (Å²) in [7, 11) is 1.62. The standard InChI is InChI=1S/C24H22FN7O/c1-15(17-4-6-18(25)7-5-17)27-12-16-3-8-20(22(9-16)33-2)21-10-23(32-31-21)30-24-14-28-19(11-26)13-29-24/h3-10,13-15,27H,12H2,1-2H3,(H2,29,30,31,32)/t15-/m1/s1. The normalized spacial score (nSPS) is 11.6. The van der Waals surface area contributed by atoms with Gasteiger partial charge in [0.1, 0.15) is 23.5 Å². The Morgan fingerprint density at radius 3 is 2.61 bits per heavy atom. The highest BCUT2D eigenvalue weighted by molar-refractivity contribution is 5.71.